The van der Waals surface area contributed by atoms with Crippen LogP contribution >= 0.6 is 8.53 Å². The molecular weight excluding hydrogens is 257 g/mol. The van der Waals surface area contributed by atoms with Crippen LogP contribution in [0.1, 0.15) is 16.7 Å². The van der Waals surface area contributed by atoms with Gasteiger partial charge >= 0.3 is 0 Å². The molecule has 4 heteroatoms. The Hall–Kier alpha value is -1.25. The van der Waals surface area contributed by atoms with Gasteiger partial charge in [0.15, 0.2) is 0 Å². The van der Waals surface area contributed by atoms with Crippen molar-refractivity contribution in [2.45, 2.75) is 20.1 Å². The fraction of sp³-hybridized carbons (Fsp3) is 0.200. The van der Waals surface area contributed by atoms with E-state index in [9.17, 15) is 4.89 Å². The van der Waals surface area contributed by atoms with Gasteiger partial charge in [0, 0.05) is 6.54 Å². The summed E-state index contributed by atoms with van der Waals surface area (Å²) in [7, 11) is -1.59. The molecule has 0 aliphatic rings. The number of rotatable bonds is 6. The smallest absolute Gasteiger partial charge is 0.253 e. The highest BCUT2D eigenvalue weighted by atomic mass is 31.2. The number of nitrogens with one attached hydrogen (secondary N) is 1. The molecule has 0 saturated carbocycles. The molecule has 0 aliphatic heterocycles. The first-order chi connectivity index (χ1) is 9.25. The number of aryl methyl sites for hydroxylation is 1. The molecule has 2 aromatic carbocycles. The zero-order chi connectivity index (χ0) is 13.5. The second-order valence-corrected chi connectivity index (χ2v) is 5.41. The van der Waals surface area contributed by atoms with Crippen LogP contribution in [-0.4, -0.2) is 4.89 Å². The zero-order valence-corrected chi connectivity index (χ0v) is 11.8. The minimum absolute atomic E-state index is 0.427. The lowest BCUT2D eigenvalue weighted by molar-refractivity contribution is 0.290. The summed E-state index contributed by atoms with van der Waals surface area (Å²) in [4.78, 5) is 9.79. The van der Waals surface area contributed by atoms with Gasteiger partial charge in [0.1, 0.15) is 0 Å². The Kier molecular flexibility index (Phi) is 5.49. The summed E-state index contributed by atoms with van der Waals surface area (Å²) in [5.41, 5.74) is 3.41. The van der Waals surface area contributed by atoms with Gasteiger partial charge in [0.05, 0.1) is 6.61 Å². The van der Waals surface area contributed by atoms with Crippen LogP contribution in [0.25, 0.3) is 0 Å². The highest BCUT2D eigenvalue weighted by molar-refractivity contribution is 7.43. The Morgan fingerprint density at radius 3 is 2.47 bits per heavy atom. The lowest BCUT2D eigenvalue weighted by atomic mass is 10.1. The molecule has 0 heterocycles. The van der Waals surface area contributed by atoms with E-state index in [1.807, 2.05) is 61.5 Å². The molecular formula is C15H18NO2P. The van der Waals surface area contributed by atoms with Crippen LogP contribution in [0.3, 0.4) is 0 Å². The molecule has 0 amide bonds. The lowest BCUT2D eigenvalue weighted by Crippen LogP contribution is -2.08. The minimum atomic E-state index is -1.59. The summed E-state index contributed by atoms with van der Waals surface area (Å²) in [5.74, 6) is 0. The molecule has 2 aromatic rings. The monoisotopic (exact) mass is 275 g/mol. The maximum absolute atomic E-state index is 9.79. The highest BCUT2D eigenvalue weighted by Gasteiger charge is 2.06. The first-order valence-electron chi connectivity index (χ1n) is 6.19. The molecule has 0 bridgehead atoms. The highest BCUT2D eigenvalue weighted by Crippen LogP contribution is 2.28. The molecule has 0 aromatic heterocycles. The van der Waals surface area contributed by atoms with E-state index < -0.39 is 8.53 Å². The molecule has 1 unspecified atom stereocenters. The predicted octanol–water partition coefficient (Wildman–Crippen LogP) is 3.52. The van der Waals surface area contributed by atoms with E-state index in [-0.39, 0.29) is 0 Å². The van der Waals surface area contributed by atoms with Crippen LogP contribution in [0.4, 0.5) is 0 Å². The van der Waals surface area contributed by atoms with Crippen molar-refractivity contribution in [2.75, 3.05) is 0 Å². The van der Waals surface area contributed by atoms with Crippen molar-refractivity contribution in [3.8, 4) is 0 Å². The fourth-order valence-electron chi connectivity index (χ4n) is 1.70. The second-order valence-electron chi connectivity index (χ2n) is 4.29. The molecule has 1 atom stereocenters. The van der Waals surface area contributed by atoms with Crippen molar-refractivity contribution in [1.29, 1.82) is 0 Å². The van der Waals surface area contributed by atoms with Crippen LogP contribution in [0, 0.1) is 6.92 Å². The van der Waals surface area contributed by atoms with Gasteiger partial charge in [0.25, 0.3) is 8.53 Å². The maximum atomic E-state index is 9.79. The molecule has 0 saturated heterocycles. The summed E-state index contributed by atoms with van der Waals surface area (Å²) in [6.45, 7) is 3.07. The maximum Gasteiger partial charge on any atom is 0.253 e. The van der Waals surface area contributed by atoms with Crippen LogP contribution in [0.5, 0.6) is 0 Å². The third-order valence-electron chi connectivity index (χ3n) is 2.86. The molecule has 19 heavy (non-hydrogen) atoms. The fourth-order valence-corrected chi connectivity index (χ4v) is 2.37. The summed E-state index contributed by atoms with van der Waals surface area (Å²) in [5, 5.41) is 2.99. The molecule has 100 valence electrons. The normalized spacial score (nSPS) is 12.3. The van der Waals surface area contributed by atoms with Crippen LogP contribution < -0.4 is 5.09 Å². The Labute approximate surface area is 115 Å². The zero-order valence-electron chi connectivity index (χ0n) is 10.9. The first kappa shape index (κ1) is 14.2. The van der Waals surface area contributed by atoms with Crippen molar-refractivity contribution < 1.29 is 9.42 Å². The topological polar surface area (TPSA) is 41.5 Å². The SMILES string of the molecule is Cc1ccccc1COP(O)NCc1ccccc1. The van der Waals surface area contributed by atoms with Gasteiger partial charge in [-0.1, -0.05) is 54.6 Å². The van der Waals surface area contributed by atoms with E-state index in [0.29, 0.717) is 13.2 Å². The van der Waals surface area contributed by atoms with Gasteiger partial charge in [-0.2, -0.15) is 0 Å². The molecule has 3 nitrogen and oxygen atoms in total. The minimum Gasteiger partial charge on any atom is -0.338 e. The van der Waals surface area contributed by atoms with Crippen molar-refractivity contribution in [3.05, 3.63) is 71.3 Å². The summed E-state index contributed by atoms with van der Waals surface area (Å²) in [6.07, 6.45) is 0. The van der Waals surface area contributed by atoms with Crippen molar-refractivity contribution >= 4 is 8.53 Å². The number of hydrogen-bond donors (Lipinski definition) is 2. The Morgan fingerprint density at radius 1 is 1.05 bits per heavy atom. The Balaban J connectivity index is 1.76. The first-order valence-corrected chi connectivity index (χ1v) is 7.41. The van der Waals surface area contributed by atoms with Crippen LogP contribution in [0.15, 0.2) is 54.6 Å². The summed E-state index contributed by atoms with van der Waals surface area (Å²) < 4.78 is 5.44. The van der Waals surface area contributed by atoms with Gasteiger partial charge in [-0.3, -0.25) is 0 Å². The van der Waals surface area contributed by atoms with E-state index >= 15 is 0 Å². The van der Waals surface area contributed by atoms with Crippen molar-refractivity contribution in [1.82, 2.24) is 5.09 Å². The summed E-state index contributed by atoms with van der Waals surface area (Å²) >= 11 is 0. The van der Waals surface area contributed by atoms with Crippen molar-refractivity contribution in [2.24, 2.45) is 0 Å². The molecule has 2 rings (SSSR count). The van der Waals surface area contributed by atoms with E-state index in [0.717, 1.165) is 11.1 Å². The standard InChI is InChI=1S/C15H18NO2P/c1-13-7-5-6-10-15(13)12-18-19(17)16-11-14-8-3-2-4-9-14/h2-10,16-17H,11-12H2,1H3. The van der Waals surface area contributed by atoms with Gasteiger partial charge in [-0.25, -0.2) is 5.09 Å². The van der Waals surface area contributed by atoms with Gasteiger partial charge < -0.3 is 9.42 Å². The Morgan fingerprint density at radius 2 is 1.74 bits per heavy atom. The number of hydrogen-bond acceptors (Lipinski definition) is 3. The van der Waals surface area contributed by atoms with E-state index in [2.05, 4.69) is 5.09 Å². The molecule has 0 aliphatic carbocycles. The van der Waals surface area contributed by atoms with E-state index in [1.54, 1.807) is 0 Å². The third kappa shape index (κ3) is 4.73. The third-order valence-corrected chi connectivity index (χ3v) is 3.67. The lowest BCUT2D eigenvalue weighted by Gasteiger charge is -2.13. The van der Waals surface area contributed by atoms with E-state index in [4.69, 9.17) is 4.52 Å². The largest absolute Gasteiger partial charge is 0.338 e. The molecule has 0 fully saturated rings. The molecule has 2 N–H and O–H groups in total. The van der Waals surface area contributed by atoms with Crippen LogP contribution in [0.2, 0.25) is 0 Å². The summed E-state index contributed by atoms with van der Waals surface area (Å²) in [6, 6.07) is 18.0. The second kappa shape index (κ2) is 7.37. The Bertz CT molecular complexity index is 505. The average Bonchev–Trinajstić information content (AvgIpc) is 2.45. The number of benzene rings is 2. The van der Waals surface area contributed by atoms with Gasteiger partial charge in [0.2, 0.25) is 0 Å². The van der Waals surface area contributed by atoms with Crippen molar-refractivity contribution in [3.63, 3.8) is 0 Å². The van der Waals surface area contributed by atoms with Gasteiger partial charge in [-0.05, 0) is 23.6 Å². The molecule has 0 spiro atoms. The van der Waals surface area contributed by atoms with Crippen LogP contribution in [-0.2, 0) is 17.7 Å². The quantitative estimate of drug-likeness (QED) is 0.792. The van der Waals surface area contributed by atoms with Gasteiger partial charge in [-0.15, -0.1) is 0 Å². The molecule has 0 radical (unpaired) electrons. The average molecular weight is 275 g/mol. The van der Waals surface area contributed by atoms with E-state index in [1.165, 1.54) is 5.56 Å². The predicted molar refractivity (Wildman–Crippen MR) is 78.4 cm³/mol.